The van der Waals surface area contributed by atoms with Crippen molar-refractivity contribution in [3.63, 3.8) is 0 Å². The Balaban J connectivity index is 2.15. The zero-order valence-corrected chi connectivity index (χ0v) is 15.9. The molecule has 0 spiro atoms. The Morgan fingerprint density at radius 3 is 2.27 bits per heavy atom. The van der Waals surface area contributed by atoms with E-state index < -0.39 is 18.0 Å². The van der Waals surface area contributed by atoms with E-state index in [1.54, 1.807) is 25.1 Å². The average Bonchev–Trinajstić information content (AvgIpc) is 2.64. The lowest BCUT2D eigenvalue weighted by Crippen LogP contribution is -2.30. The minimum atomic E-state index is -0.875. The van der Waals surface area contributed by atoms with Crippen LogP contribution in [0.2, 0.25) is 10.0 Å². The molecule has 0 heterocycles. The largest absolute Gasteiger partial charge is 0.493 e. The third-order valence-electron chi connectivity index (χ3n) is 3.47. The molecule has 0 saturated carbocycles. The molecular weight excluding hydrogens is 381 g/mol. The van der Waals surface area contributed by atoms with Gasteiger partial charge in [0.25, 0.3) is 5.91 Å². The van der Waals surface area contributed by atoms with Gasteiger partial charge >= 0.3 is 5.97 Å². The van der Waals surface area contributed by atoms with E-state index in [4.69, 9.17) is 32.7 Å². The third kappa shape index (κ3) is 4.59. The van der Waals surface area contributed by atoms with Gasteiger partial charge in [-0.3, -0.25) is 4.79 Å². The SMILES string of the molecule is COC(=O)c1ccc(O[C@H](C)C(=O)Nc2c(Cl)cccc2Cl)c(OC)c1. The first-order chi connectivity index (χ1) is 12.4. The maximum atomic E-state index is 12.4. The summed E-state index contributed by atoms with van der Waals surface area (Å²) in [5.74, 6) is -0.357. The Kier molecular flexibility index (Phi) is 6.71. The fraction of sp³-hybridized carbons (Fsp3) is 0.222. The van der Waals surface area contributed by atoms with Crippen molar-refractivity contribution in [1.82, 2.24) is 0 Å². The van der Waals surface area contributed by atoms with E-state index in [1.165, 1.54) is 32.4 Å². The molecule has 6 nitrogen and oxygen atoms in total. The molecule has 0 aliphatic carbocycles. The summed E-state index contributed by atoms with van der Waals surface area (Å²) in [6, 6.07) is 9.41. The lowest BCUT2D eigenvalue weighted by Gasteiger charge is -2.18. The number of methoxy groups -OCH3 is 2. The van der Waals surface area contributed by atoms with Crippen molar-refractivity contribution in [3.8, 4) is 11.5 Å². The number of benzene rings is 2. The van der Waals surface area contributed by atoms with Crippen molar-refractivity contribution >= 4 is 40.8 Å². The van der Waals surface area contributed by atoms with Crippen molar-refractivity contribution in [1.29, 1.82) is 0 Å². The predicted molar refractivity (Wildman–Crippen MR) is 99.5 cm³/mol. The number of amides is 1. The molecule has 0 radical (unpaired) electrons. The number of hydrogen-bond donors (Lipinski definition) is 1. The summed E-state index contributed by atoms with van der Waals surface area (Å²) in [7, 11) is 2.71. The van der Waals surface area contributed by atoms with Gasteiger partial charge < -0.3 is 19.5 Å². The fourth-order valence-corrected chi connectivity index (χ4v) is 2.59. The van der Waals surface area contributed by atoms with Gasteiger partial charge in [-0.05, 0) is 37.3 Å². The van der Waals surface area contributed by atoms with Crippen LogP contribution in [0.25, 0.3) is 0 Å². The first kappa shape index (κ1) is 19.9. The average molecular weight is 398 g/mol. The molecule has 2 rings (SSSR count). The van der Waals surface area contributed by atoms with Gasteiger partial charge in [0.15, 0.2) is 17.6 Å². The summed E-state index contributed by atoms with van der Waals surface area (Å²) >= 11 is 12.1. The van der Waals surface area contributed by atoms with Gasteiger partial charge in [-0.2, -0.15) is 0 Å². The first-order valence-electron chi connectivity index (χ1n) is 7.55. The molecule has 1 atom stereocenters. The van der Waals surface area contributed by atoms with Crippen LogP contribution in [0.15, 0.2) is 36.4 Å². The molecule has 0 bridgehead atoms. The Hall–Kier alpha value is -2.44. The second kappa shape index (κ2) is 8.78. The van der Waals surface area contributed by atoms with E-state index in [-0.39, 0.29) is 0 Å². The van der Waals surface area contributed by atoms with Crippen molar-refractivity contribution < 1.29 is 23.8 Å². The van der Waals surface area contributed by atoms with Gasteiger partial charge in [0.05, 0.1) is 35.5 Å². The molecular formula is C18H17Cl2NO5. The highest BCUT2D eigenvalue weighted by molar-refractivity contribution is 6.39. The minimum absolute atomic E-state index is 0.295. The van der Waals surface area contributed by atoms with Crippen LogP contribution in [0, 0.1) is 0 Å². The monoisotopic (exact) mass is 397 g/mol. The summed E-state index contributed by atoms with van der Waals surface area (Å²) < 4.78 is 15.5. The summed E-state index contributed by atoms with van der Waals surface area (Å²) in [5, 5.41) is 3.27. The van der Waals surface area contributed by atoms with Gasteiger partial charge in [0.2, 0.25) is 0 Å². The fourth-order valence-electron chi connectivity index (χ4n) is 2.10. The summed E-state index contributed by atoms with van der Waals surface area (Å²) in [5.41, 5.74) is 0.612. The molecule has 2 aromatic carbocycles. The number of rotatable bonds is 6. The third-order valence-corrected chi connectivity index (χ3v) is 4.10. The molecule has 0 saturated heterocycles. The van der Waals surface area contributed by atoms with Crippen LogP contribution in [-0.2, 0) is 9.53 Å². The number of anilines is 1. The van der Waals surface area contributed by atoms with E-state index >= 15 is 0 Å². The molecule has 2 aromatic rings. The zero-order valence-electron chi connectivity index (χ0n) is 14.3. The first-order valence-corrected chi connectivity index (χ1v) is 8.30. The molecule has 1 N–H and O–H groups in total. The van der Waals surface area contributed by atoms with Crippen molar-refractivity contribution in [2.75, 3.05) is 19.5 Å². The molecule has 26 heavy (non-hydrogen) atoms. The molecule has 8 heteroatoms. The number of ether oxygens (including phenoxy) is 3. The standard InChI is InChI=1S/C18H17Cl2NO5/c1-10(17(22)21-16-12(19)5-4-6-13(16)20)26-14-8-7-11(18(23)25-3)9-15(14)24-2/h4-10H,1-3H3,(H,21,22)/t10-/m1/s1. The van der Waals surface area contributed by atoms with E-state index in [0.717, 1.165) is 0 Å². The summed E-state index contributed by atoms with van der Waals surface area (Å²) in [6.45, 7) is 1.56. The van der Waals surface area contributed by atoms with Gasteiger partial charge in [-0.25, -0.2) is 4.79 Å². The number of halogens is 2. The molecule has 0 aliphatic heterocycles. The molecule has 1 amide bonds. The highest BCUT2D eigenvalue weighted by atomic mass is 35.5. The molecule has 0 unspecified atom stereocenters. The highest BCUT2D eigenvalue weighted by Crippen LogP contribution is 2.31. The number of hydrogen-bond acceptors (Lipinski definition) is 5. The van der Waals surface area contributed by atoms with E-state index in [0.29, 0.717) is 32.8 Å². The second-order valence-corrected chi connectivity index (χ2v) is 6.02. The van der Waals surface area contributed by atoms with Crippen molar-refractivity contribution in [3.05, 3.63) is 52.0 Å². The molecule has 0 fully saturated rings. The molecule has 138 valence electrons. The molecule has 0 aromatic heterocycles. The van der Waals surface area contributed by atoms with Gasteiger partial charge in [0, 0.05) is 0 Å². The Morgan fingerprint density at radius 1 is 1.04 bits per heavy atom. The number of para-hydroxylation sites is 1. The second-order valence-electron chi connectivity index (χ2n) is 5.20. The van der Waals surface area contributed by atoms with Crippen molar-refractivity contribution in [2.45, 2.75) is 13.0 Å². The number of carbonyl (C=O) groups excluding carboxylic acids is 2. The molecule has 0 aliphatic rings. The maximum absolute atomic E-state index is 12.4. The van der Waals surface area contributed by atoms with Crippen LogP contribution in [0.1, 0.15) is 17.3 Å². The summed E-state index contributed by atoms with van der Waals surface area (Å²) in [6.07, 6.45) is -0.875. The Labute approximate surface area is 160 Å². The van der Waals surface area contributed by atoms with Crippen molar-refractivity contribution in [2.24, 2.45) is 0 Å². The van der Waals surface area contributed by atoms with E-state index in [1.807, 2.05) is 0 Å². The highest BCUT2D eigenvalue weighted by Gasteiger charge is 2.20. The van der Waals surface area contributed by atoms with E-state index in [2.05, 4.69) is 10.1 Å². The summed E-state index contributed by atoms with van der Waals surface area (Å²) in [4.78, 5) is 24.0. The Morgan fingerprint density at radius 2 is 1.69 bits per heavy atom. The van der Waals surface area contributed by atoms with Gasteiger partial charge in [0.1, 0.15) is 0 Å². The minimum Gasteiger partial charge on any atom is -0.493 e. The predicted octanol–water partition coefficient (Wildman–Crippen LogP) is 4.19. The topological polar surface area (TPSA) is 73.9 Å². The Bertz CT molecular complexity index is 805. The zero-order chi connectivity index (χ0) is 19.3. The van der Waals surface area contributed by atoms with Gasteiger partial charge in [-0.15, -0.1) is 0 Å². The van der Waals surface area contributed by atoms with Crippen LogP contribution < -0.4 is 14.8 Å². The van der Waals surface area contributed by atoms with Crippen LogP contribution in [-0.4, -0.2) is 32.2 Å². The number of nitrogens with one attached hydrogen (secondary N) is 1. The van der Waals surface area contributed by atoms with Crippen LogP contribution in [0.3, 0.4) is 0 Å². The van der Waals surface area contributed by atoms with Crippen LogP contribution in [0.4, 0.5) is 5.69 Å². The lowest BCUT2D eigenvalue weighted by molar-refractivity contribution is -0.122. The normalized spacial score (nSPS) is 11.4. The number of esters is 1. The lowest BCUT2D eigenvalue weighted by atomic mass is 10.2. The van der Waals surface area contributed by atoms with E-state index in [9.17, 15) is 9.59 Å². The van der Waals surface area contributed by atoms with Crippen LogP contribution in [0.5, 0.6) is 11.5 Å². The van der Waals surface area contributed by atoms with Gasteiger partial charge in [-0.1, -0.05) is 29.3 Å². The maximum Gasteiger partial charge on any atom is 0.337 e. The van der Waals surface area contributed by atoms with Crippen LogP contribution >= 0.6 is 23.2 Å². The quantitative estimate of drug-likeness (QED) is 0.739. The smallest absolute Gasteiger partial charge is 0.337 e. The number of carbonyl (C=O) groups is 2.